The average Bonchev–Trinajstić information content (AvgIpc) is 2.36. The summed E-state index contributed by atoms with van der Waals surface area (Å²) in [6.45, 7) is 4.13. The first-order valence-electron chi connectivity index (χ1n) is 5.85. The molecular weight excluding hydrogens is 228 g/mol. The first kappa shape index (κ1) is 12.3. The zero-order chi connectivity index (χ0) is 13.3. The first-order chi connectivity index (χ1) is 8.52. The van der Waals surface area contributed by atoms with Gasteiger partial charge in [-0.2, -0.15) is 0 Å². The summed E-state index contributed by atoms with van der Waals surface area (Å²) in [6, 6.07) is 10.7. The summed E-state index contributed by atoms with van der Waals surface area (Å²) in [7, 11) is 0. The molecule has 0 saturated carbocycles. The molecule has 0 aromatic heterocycles. The Bertz CT molecular complexity index is 574. The van der Waals surface area contributed by atoms with Gasteiger partial charge >= 0.3 is 0 Å². The van der Waals surface area contributed by atoms with Gasteiger partial charge in [0.15, 0.2) is 11.5 Å². The fourth-order valence-electron chi connectivity index (χ4n) is 2.03. The number of phenolic OH excluding ortho intramolecular Hbond substituents is 3. The molecular formula is C15H16O3. The van der Waals surface area contributed by atoms with E-state index < -0.39 is 5.75 Å². The standard InChI is InChI=1S/C15H16O3/c1-9(2)10-5-3-4-6-11(10)12-7-8-13(16)15(18)14(12)17/h3-9,16-18H,1-2H3. The molecule has 0 atom stereocenters. The highest BCUT2D eigenvalue weighted by Gasteiger charge is 2.15. The Labute approximate surface area is 106 Å². The quantitative estimate of drug-likeness (QED) is 0.707. The van der Waals surface area contributed by atoms with E-state index in [0.717, 1.165) is 11.1 Å². The monoisotopic (exact) mass is 244 g/mol. The summed E-state index contributed by atoms with van der Waals surface area (Å²) in [5.41, 5.74) is 2.47. The number of benzene rings is 2. The van der Waals surface area contributed by atoms with Gasteiger partial charge in [-0.1, -0.05) is 38.1 Å². The van der Waals surface area contributed by atoms with Crippen molar-refractivity contribution in [2.75, 3.05) is 0 Å². The lowest BCUT2D eigenvalue weighted by Crippen LogP contribution is -1.92. The van der Waals surface area contributed by atoms with Crippen LogP contribution in [0.1, 0.15) is 25.3 Å². The summed E-state index contributed by atoms with van der Waals surface area (Å²) in [6.07, 6.45) is 0. The van der Waals surface area contributed by atoms with Crippen molar-refractivity contribution in [3.05, 3.63) is 42.0 Å². The highest BCUT2D eigenvalue weighted by Crippen LogP contribution is 2.43. The van der Waals surface area contributed by atoms with Gasteiger partial charge in [-0.25, -0.2) is 0 Å². The molecule has 2 aromatic carbocycles. The van der Waals surface area contributed by atoms with E-state index in [9.17, 15) is 15.3 Å². The van der Waals surface area contributed by atoms with Crippen LogP contribution in [0.3, 0.4) is 0 Å². The SMILES string of the molecule is CC(C)c1ccccc1-c1ccc(O)c(O)c1O. The Morgan fingerprint density at radius 2 is 1.44 bits per heavy atom. The minimum Gasteiger partial charge on any atom is -0.504 e. The second-order valence-electron chi connectivity index (χ2n) is 4.57. The average molecular weight is 244 g/mol. The maximum Gasteiger partial charge on any atom is 0.200 e. The van der Waals surface area contributed by atoms with E-state index in [1.54, 1.807) is 6.07 Å². The van der Waals surface area contributed by atoms with Crippen LogP contribution >= 0.6 is 0 Å². The van der Waals surface area contributed by atoms with Gasteiger partial charge in [-0.15, -0.1) is 0 Å². The van der Waals surface area contributed by atoms with Gasteiger partial charge in [0.05, 0.1) is 0 Å². The van der Waals surface area contributed by atoms with Crippen molar-refractivity contribution in [1.82, 2.24) is 0 Å². The molecule has 3 heteroatoms. The van der Waals surface area contributed by atoms with E-state index in [1.807, 2.05) is 24.3 Å². The summed E-state index contributed by atoms with van der Waals surface area (Å²) in [5.74, 6) is -0.788. The molecule has 0 saturated heterocycles. The van der Waals surface area contributed by atoms with Crippen molar-refractivity contribution >= 4 is 0 Å². The highest BCUT2D eigenvalue weighted by atomic mass is 16.3. The molecule has 0 aliphatic carbocycles. The second-order valence-corrected chi connectivity index (χ2v) is 4.57. The predicted octanol–water partition coefficient (Wildman–Crippen LogP) is 3.59. The Kier molecular flexibility index (Phi) is 3.15. The van der Waals surface area contributed by atoms with Crippen molar-refractivity contribution in [2.24, 2.45) is 0 Å². The molecule has 3 nitrogen and oxygen atoms in total. The third-order valence-electron chi connectivity index (χ3n) is 3.00. The maximum atomic E-state index is 9.93. The summed E-state index contributed by atoms with van der Waals surface area (Å²) in [4.78, 5) is 0. The van der Waals surface area contributed by atoms with Crippen LogP contribution in [0.5, 0.6) is 17.2 Å². The normalized spacial score (nSPS) is 10.8. The summed E-state index contributed by atoms with van der Waals surface area (Å²) in [5, 5.41) is 28.8. The molecule has 0 aliphatic heterocycles. The molecule has 2 aromatic rings. The molecule has 0 aliphatic rings. The number of hydrogen-bond donors (Lipinski definition) is 3. The van der Waals surface area contributed by atoms with Gasteiger partial charge in [0.25, 0.3) is 0 Å². The van der Waals surface area contributed by atoms with E-state index >= 15 is 0 Å². The molecule has 0 heterocycles. The van der Waals surface area contributed by atoms with Crippen LogP contribution in [-0.4, -0.2) is 15.3 Å². The lowest BCUT2D eigenvalue weighted by atomic mass is 9.92. The molecule has 0 amide bonds. The molecule has 18 heavy (non-hydrogen) atoms. The van der Waals surface area contributed by atoms with Crippen LogP contribution in [-0.2, 0) is 0 Å². The fourth-order valence-corrected chi connectivity index (χ4v) is 2.03. The van der Waals surface area contributed by atoms with E-state index in [1.165, 1.54) is 6.07 Å². The van der Waals surface area contributed by atoms with E-state index in [4.69, 9.17) is 0 Å². The van der Waals surface area contributed by atoms with Crippen LogP contribution in [0.15, 0.2) is 36.4 Å². The van der Waals surface area contributed by atoms with Gasteiger partial charge in [-0.3, -0.25) is 0 Å². The predicted molar refractivity (Wildman–Crippen MR) is 71.0 cm³/mol. The van der Waals surface area contributed by atoms with E-state index in [2.05, 4.69) is 13.8 Å². The van der Waals surface area contributed by atoms with Crippen LogP contribution in [0.4, 0.5) is 0 Å². The van der Waals surface area contributed by atoms with Gasteiger partial charge in [0.1, 0.15) is 0 Å². The molecule has 0 fully saturated rings. The van der Waals surface area contributed by atoms with Gasteiger partial charge in [-0.05, 0) is 29.2 Å². The smallest absolute Gasteiger partial charge is 0.200 e. The van der Waals surface area contributed by atoms with E-state index in [-0.39, 0.29) is 11.5 Å². The Morgan fingerprint density at radius 1 is 0.778 bits per heavy atom. The molecule has 0 bridgehead atoms. The van der Waals surface area contributed by atoms with Crippen LogP contribution in [0.2, 0.25) is 0 Å². The molecule has 94 valence electrons. The van der Waals surface area contributed by atoms with Crippen LogP contribution in [0, 0.1) is 0 Å². The first-order valence-corrected chi connectivity index (χ1v) is 5.85. The third kappa shape index (κ3) is 1.99. The molecule has 0 spiro atoms. The Balaban J connectivity index is 2.66. The van der Waals surface area contributed by atoms with Crippen molar-refractivity contribution in [2.45, 2.75) is 19.8 Å². The summed E-state index contributed by atoms with van der Waals surface area (Å²) < 4.78 is 0. The van der Waals surface area contributed by atoms with Gasteiger partial charge in [0, 0.05) is 5.56 Å². The Hall–Kier alpha value is -2.16. The molecule has 2 rings (SSSR count). The lowest BCUT2D eigenvalue weighted by molar-refractivity contribution is 0.369. The number of phenols is 3. The number of aromatic hydroxyl groups is 3. The topological polar surface area (TPSA) is 60.7 Å². The number of rotatable bonds is 2. The van der Waals surface area contributed by atoms with Gasteiger partial charge < -0.3 is 15.3 Å². The zero-order valence-electron chi connectivity index (χ0n) is 10.4. The number of hydrogen-bond acceptors (Lipinski definition) is 3. The van der Waals surface area contributed by atoms with Crippen molar-refractivity contribution in [3.63, 3.8) is 0 Å². The van der Waals surface area contributed by atoms with Crippen LogP contribution < -0.4 is 0 Å². The van der Waals surface area contributed by atoms with Crippen molar-refractivity contribution in [1.29, 1.82) is 0 Å². The van der Waals surface area contributed by atoms with Gasteiger partial charge in [0.2, 0.25) is 5.75 Å². The molecule has 0 radical (unpaired) electrons. The Morgan fingerprint density at radius 3 is 2.11 bits per heavy atom. The van der Waals surface area contributed by atoms with E-state index in [0.29, 0.717) is 11.5 Å². The third-order valence-corrected chi connectivity index (χ3v) is 3.00. The largest absolute Gasteiger partial charge is 0.504 e. The molecule has 3 N–H and O–H groups in total. The van der Waals surface area contributed by atoms with Crippen molar-refractivity contribution in [3.8, 4) is 28.4 Å². The van der Waals surface area contributed by atoms with Crippen molar-refractivity contribution < 1.29 is 15.3 Å². The molecule has 0 unspecified atom stereocenters. The minimum atomic E-state index is -0.481. The second kappa shape index (κ2) is 4.61. The fraction of sp³-hybridized carbons (Fsp3) is 0.200. The van der Waals surface area contributed by atoms with Crippen LogP contribution in [0.25, 0.3) is 11.1 Å². The highest BCUT2D eigenvalue weighted by molar-refractivity contribution is 5.77. The maximum absolute atomic E-state index is 9.93. The zero-order valence-corrected chi connectivity index (χ0v) is 10.4. The lowest BCUT2D eigenvalue weighted by Gasteiger charge is -2.14. The minimum absolute atomic E-state index is 0.289. The summed E-state index contributed by atoms with van der Waals surface area (Å²) >= 11 is 0.